The Kier molecular flexibility index (Phi) is 5.30. The van der Waals surface area contributed by atoms with E-state index in [2.05, 4.69) is 0 Å². The molecule has 0 aliphatic carbocycles. The second-order valence-electron chi connectivity index (χ2n) is 6.23. The van der Waals surface area contributed by atoms with Crippen LogP contribution in [-0.4, -0.2) is 13.1 Å². The van der Waals surface area contributed by atoms with Gasteiger partial charge in [-0.15, -0.1) is 0 Å². The molecule has 1 fully saturated rings. The third-order valence-corrected chi connectivity index (χ3v) is 5.02. The second kappa shape index (κ2) is 7.43. The normalized spacial score (nSPS) is 14.2. The zero-order valence-corrected chi connectivity index (χ0v) is 15.0. The van der Waals surface area contributed by atoms with Crippen molar-refractivity contribution in [1.82, 2.24) is 0 Å². The average Bonchev–Trinajstić information content (AvgIpc) is 3.12. The molecule has 0 radical (unpaired) electrons. The van der Waals surface area contributed by atoms with E-state index in [-0.39, 0.29) is 5.82 Å². The monoisotopic (exact) mass is 347 g/mol. The minimum absolute atomic E-state index is 0.203. The summed E-state index contributed by atoms with van der Waals surface area (Å²) in [4.78, 5) is 2.04. The second-order valence-corrected chi connectivity index (χ2v) is 6.61. The molecule has 0 bridgehead atoms. The summed E-state index contributed by atoms with van der Waals surface area (Å²) in [6.45, 7) is 5.94. The largest absolute Gasteiger partial charge is 0.487 e. The molecule has 24 heavy (non-hydrogen) atoms. The van der Waals surface area contributed by atoms with Crippen LogP contribution >= 0.6 is 11.6 Å². The van der Waals surface area contributed by atoms with Crippen LogP contribution in [-0.2, 0) is 13.0 Å². The van der Waals surface area contributed by atoms with Crippen LogP contribution in [0.1, 0.15) is 36.5 Å². The first-order valence-electron chi connectivity index (χ1n) is 8.55. The van der Waals surface area contributed by atoms with E-state index in [1.165, 1.54) is 0 Å². The number of ether oxygens (including phenoxy) is 1. The number of hydrogen-bond donors (Lipinski definition) is 0. The molecular weight excluding hydrogens is 325 g/mol. The third kappa shape index (κ3) is 3.23. The predicted octanol–water partition coefficient (Wildman–Crippen LogP) is 5.53. The maximum Gasteiger partial charge on any atom is 0.151 e. The number of benzene rings is 2. The van der Waals surface area contributed by atoms with Crippen molar-refractivity contribution in [2.24, 2.45) is 0 Å². The van der Waals surface area contributed by atoms with Gasteiger partial charge in [0.1, 0.15) is 17.4 Å². The lowest BCUT2D eigenvalue weighted by atomic mass is 10.0. The Bertz CT molecular complexity index is 712. The summed E-state index contributed by atoms with van der Waals surface area (Å²) >= 11 is 6.61. The molecule has 1 saturated heterocycles. The molecule has 3 rings (SSSR count). The lowest BCUT2D eigenvalue weighted by Crippen LogP contribution is -2.21. The molecule has 1 aliphatic heterocycles. The van der Waals surface area contributed by atoms with E-state index in [4.69, 9.17) is 16.3 Å². The van der Waals surface area contributed by atoms with Gasteiger partial charge in [-0.25, -0.2) is 4.39 Å². The van der Waals surface area contributed by atoms with Gasteiger partial charge in [0.25, 0.3) is 0 Å². The van der Waals surface area contributed by atoms with Gasteiger partial charge < -0.3 is 9.64 Å². The van der Waals surface area contributed by atoms with Crippen molar-refractivity contribution < 1.29 is 9.13 Å². The Balaban J connectivity index is 1.99. The molecule has 0 aromatic heterocycles. The van der Waals surface area contributed by atoms with Crippen molar-refractivity contribution in [2.45, 2.75) is 39.7 Å². The van der Waals surface area contributed by atoms with Crippen LogP contribution in [0.5, 0.6) is 5.75 Å². The molecular formula is C20H23ClFNO. The molecule has 128 valence electrons. The highest BCUT2D eigenvalue weighted by molar-refractivity contribution is 6.35. The molecule has 4 heteroatoms. The van der Waals surface area contributed by atoms with E-state index in [0.717, 1.165) is 37.1 Å². The van der Waals surface area contributed by atoms with Gasteiger partial charge in [0.15, 0.2) is 5.82 Å². The summed E-state index contributed by atoms with van der Waals surface area (Å²) in [5.74, 6) is 0.426. The molecule has 0 spiro atoms. The minimum Gasteiger partial charge on any atom is -0.487 e. The molecule has 1 aliphatic rings. The molecule has 0 saturated carbocycles. The Hall–Kier alpha value is -1.74. The summed E-state index contributed by atoms with van der Waals surface area (Å²) < 4.78 is 21.0. The maximum absolute atomic E-state index is 14.9. The fraction of sp³-hybridized carbons (Fsp3) is 0.400. The number of rotatable bonds is 5. The molecule has 0 unspecified atom stereocenters. The summed E-state index contributed by atoms with van der Waals surface area (Å²) in [7, 11) is 0. The highest BCUT2D eigenvalue weighted by Gasteiger charge is 2.26. The SMILES string of the molecule is CCc1c(C)c(F)c(N2CCCC2)c(Cl)c1OCc1ccccc1. The lowest BCUT2D eigenvalue weighted by Gasteiger charge is -2.25. The summed E-state index contributed by atoms with van der Waals surface area (Å²) in [6.07, 6.45) is 2.84. The average molecular weight is 348 g/mol. The molecule has 2 aromatic carbocycles. The van der Waals surface area contributed by atoms with Crippen LogP contribution in [0, 0.1) is 12.7 Å². The Labute approximate surface area is 148 Å². The van der Waals surface area contributed by atoms with Crippen LogP contribution in [0.3, 0.4) is 0 Å². The first-order chi connectivity index (χ1) is 11.6. The first kappa shape index (κ1) is 17.1. The van der Waals surface area contributed by atoms with Crippen LogP contribution < -0.4 is 9.64 Å². The first-order valence-corrected chi connectivity index (χ1v) is 8.93. The Morgan fingerprint density at radius 1 is 1.17 bits per heavy atom. The molecule has 0 N–H and O–H groups in total. The fourth-order valence-electron chi connectivity index (χ4n) is 3.34. The zero-order chi connectivity index (χ0) is 17.1. The van der Waals surface area contributed by atoms with Crippen LogP contribution in [0.2, 0.25) is 5.02 Å². The standard InChI is InChI=1S/C20H23ClFNO/c1-3-16-14(2)18(22)19(23-11-7-8-12-23)17(21)20(16)24-13-15-9-5-4-6-10-15/h4-6,9-10H,3,7-8,11-13H2,1-2H3. The third-order valence-electron chi connectivity index (χ3n) is 4.67. The highest BCUT2D eigenvalue weighted by Crippen LogP contribution is 2.43. The summed E-state index contributed by atoms with van der Waals surface area (Å²) in [5, 5.41) is 0.410. The van der Waals surface area contributed by atoms with Crippen LogP contribution in [0.25, 0.3) is 0 Å². The smallest absolute Gasteiger partial charge is 0.151 e. The van der Waals surface area contributed by atoms with Gasteiger partial charge in [0.05, 0.1) is 5.69 Å². The number of hydrogen-bond acceptors (Lipinski definition) is 2. The molecule has 2 aromatic rings. The maximum atomic E-state index is 14.9. The van der Waals surface area contributed by atoms with Gasteiger partial charge in [0, 0.05) is 18.7 Å². The molecule has 1 heterocycles. The van der Waals surface area contributed by atoms with Crippen molar-refractivity contribution in [2.75, 3.05) is 18.0 Å². The zero-order valence-electron chi connectivity index (χ0n) is 14.2. The lowest BCUT2D eigenvalue weighted by molar-refractivity contribution is 0.302. The van der Waals surface area contributed by atoms with E-state index in [0.29, 0.717) is 35.1 Å². The van der Waals surface area contributed by atoms with Crippen molar-refractivity contribution in [3.05, 3.63) is 57.9 Å². The van der Waals surface area contributed by atoms with Crippen molar-refractivity contribution in [3.8, 4) is 5.75 Å². The van der Waals surface area contributed by atoms with E-state index < -0.39 is 0 Å². The number of nitrogens with zero attached hydrogens (tertiary/aromatic N) is 1. The van der Waals surface area contributed by atoms with E-state index in [1.807, 2.05) is 49.1 Å². The van der Waals surface area contributed by atoms with E-state index >= 15 is 0 Å². The highest BCUT2D eigenvalue weighted by atomic mass is 35.5. The summed E-state index contributed by atoms with van der Waals surface area (Å²) in [5.41, 5.74) is 3.08. The van der Waals surface area contributed by atoms with Crippen LogP contribution in [0.4, 0.5) is 10.1 Å². The van der Waals surface area contributed by atoms with E-state index in [1.54, 1.807) is 0 Å². The van der Waals surface area contributed by atoms with Crippen LogP contribution in [0.15, 0.2) is 30.3 Å². The van der Waals surface area contributed by atoms with Gasteiger partial charge in [-0.1, -0.05) is 48.9 Å². The van der Waals surface area contributed by atoms with Crippen molar-refractivity contribution >= 4 is 17.3 Å². The Morgan fingerprint density at radius 3 is 2.46 bits per heavy atom. The summed E-state index contributed by atoms with van der Waals surface area (Å²) in [6, 6.07) is 9.95. The predicted molar refractivity (Wildman–Crippen MR) is 97.7 cm³/mol. The topological polar surface area (TPSA) is 12.5 Å². The molecule has 0 amide bonds. The molecule has 2 nitrogen and oxygen atoms in total. The van der Waals surface area contributed by atoms with E-state index in [9.17, 15) is 4.39 Å². The Morgan fingerprint density at radius 2 is 1.83 bits per heavy atom. The van der Waals surface area contributed by atoms with Crippen molar-refractivity contribution in [3.63, 3.8) is 0 Å². The molecule has 0 atom stereocenters. The van der Waals surface area contributed by atoms with Gasteiger partial charge in [-0.05, 0) is 37.3 Å². The van der Waals surface area contributed by atoms with Gasteiger partial charge >= 0.3 is 0 Å². The van der Waals surface area contributed by atoms with Gasteiger partial charge in [-0.2, -0.15) is 0 Å². The fourth-order valence-corrected chi connectivity index (χ4v) is 3.71. The minimum atomic E-state index is -0.203. The quantitative estimate of drug-likeness (QED) is 0.705. The number of halogens is 2. The van der Waals surface area contributed by atoms with Crippen molar-refractivity contribution in [1.29, 1.82) is 0 Å². The van der Waals surface area contributed by atoms with Gasteiger partial charge in [-0.3, -0.25) is 0 Å². The number of anilines is 1. The van der Waals surface area contributed by atoms with Gasteiger partial charge in [0.2, 0.25) is 0 Å².